The minimum Gasteiger partial charge on any atom is -0.223 e. The molecule has 0 spiro atoms. The third-order valence-corrected chi connectivity index (χ3v) is 5.41. The van der Waals surface area contributed by atoms with Crippen molar-refractivity contribution in [2.45, 2.75) is 25.3 Å². The van der Waals surface area contributed by atoms with E-state index in [0.29, 0.717) is 16.3 Å². The molecule has 0 unspecified atom stereocenters. The molecule has 3 aromatic rings. The predicted octanol–water partition coefficient (Wildman–Crippen LogP) is 2.03. The number of imidazole rings is 1. The largest absolute Gasteiger partial charge is 0.243 e. The molecule has 0 aliphatic heterocycles. The molecule has 1 aromatic carbocycles. The molecule has 0 atom stereocenters. The zero-order valence-corrected chi connectivity index (χ0v) is 13.5. The van der Waals surface area contributed by atoms with Gasteiger partial charge in [0.15, 0.2) is 0 Å². The monoisotopic (exact) mass is 340 g/mol. The van der Waals surface area contributed by atoms with Gasteiger partial charge in [-0.3, -0.25) is 0 Å². The maximum atomic E-state index is 13.6. The summed E-state index contributed by atoms with van der Waals surface area (Å²) in [5.74, 6) is -0.783. The van der Waals surface area contributed by atoms with E-state index in [4.69, 9.17) is 0 Å². The Morgan fingerprint density at radius 1 is 1.32 bits per heavy atom. The first-order chi connectivity index (χ1) is 10.4. The van der Waals surface area contributed by atoms with E-state index in [-0.39, 0.29) is 11.4 Å². The molecule has 0 bridgehead atoms. The van der Waals surface area contributed by atoms with Gasteiger partial charge in [0.05, 0.1) is 17.9 Å². The molecule has 2 aromatic heterocycles. The molecule has 22 heavy (non-hydrogen) atoms. The summed E-state index contributed by atoms with van der Waals surface area (Å²) in [6.45, 7) is 3.62. The lowest BCUT2D eigenvalue weighted by Gasteiger charge is -2.07. The van der Waals surface area contributed by atoms with Crippen LogP contribution in [0.4, 0.5) is 4.39 Å². The van der Waals surface area contributed by atoms with Crippen LogP contribution in [0.2, 0.25) is 0 Å². The number of nitrogens with zero attached hydrogens (tertiary/aromatic N) is 3. The number of aryl methyl sites for hydroxylation is 2. The quantitative estimate of drug-likeness (QED) is 0.788. The molecule has 116 valence electrons. The smallest absolute Gasteiger partial charge is 0.223 e. The Balaban J connectivity index is 1.90. The SMILES string of the molecule is Cc1nn2c(CNS(=O)(=O)c3ccccc3F)c(C)nc2s1. The molecule has 1 N–H and O–H groups in total. The number of hydrogen-bond donors (Lipinski definition) is 1. The number of aromatic nitrogens is 3. The number of sulfonamides is 1. The van der Waals surface area contributed by atoms with Crippen LogP contribution in [-0.4, -0.2) is 23.0 Å². The van der Waals surface area contributed by atoms with E-state index >= 15 is 0 Å². The Hall–Kier alpha value is -1.84. The van der Waals surface area contributed by atoms with Crippen LogP contribution in [0.1, 0.15) is 16.4 Å². The lowest BCUT2D eigenvalue weighted by molar-refractivity contribution is 0.555. The summed E-state index contributed by atoms with van der Waals surface area (Å²) in [5.41, 5.74) is 1.33. The zero-order valence-electron chi connectivity index (χ0n) is 11.9. The van der Waals surface area contributed by atoms with E-state index in [9.17, 15) is 12.8 Å². The molecular formula is C13H13FN4O2S2. The van der Waals surface area contributed by atoms with Crippen molar-refractivity contribution in [3.8, 4) is 0 Å². The highest BCUT2D eigenvalue weighted by atomic mass is 32.2. The van der Waals surface area contributed by atoms with Gasteiger partial charge in [-0.05, 0) is 26.0 Å². The van der Waals surface area contributed by atoms with Gasteiger partial charge >= 0.3 is 0 Å². The van der Waals surface area contributed by atoms with Crippen molar-refractivity contribution in [1.82, 2.24) is 19.3 Å². The van der Waals surface area contributed by atoms with Crippen molar-refractivity contribution >= 4 is 26.3 Å². The topological polar surface area (TPSA) is 76.4 Å². The van der Waals surface area contributed by atoms with Crippen molar-refractivity contribution in [2.24, 2.45) is 0 Å². The summed E-state index contributed by atoms with van der Waals surface area (Å²) in [6.07, 6.45) is 0. The van der Waals surface area contributed by atoms with Crippen molar-refractivity contribution in [2.75, 3.05) is 0 Å². The second-order valence-corrected chi connectivity index (χ2v) is 7.61. The van der Waals surface area contributed by atoms with Crippen LogP contribution in [0.25, 0.3) is 4.96 Å². The van der Waals surface area contributed by atoms with Crippen LogP contribution in [0.15, 0.2) is 29.2 Å². The Morgan fingerprint density at radius 2 is 2.05 bits per heavy atom. The summed E-state index contributed by atoms with van der Waals surface area (Å²) >= 11 is 1.42. The molecule has 0 saturated heterocycles. The normalized spacial score (nSPS) is 12.1. The Morgan fingerprint density at radius 3 is 2.77 bits per heavy atom. The number of hydrogen-bond acceptors (Lipinski definition) is 5. The third-order valence-electron chi connectivity index (χ3n) is 3.15. The maximum Gasteiger partial charge on any atom is 0.243 e. The van der Waals surface area contributed by atoms with Gasteiger partial charge in [0.1, 0.15) is 15.7 Å². The minimum atomic E-state index is -3.94. The fourth-order valence-corrected chi connectivity index (χ4v) is 3.96. The standard InChI is InChI=1S/C13H13FN4O2S2/c1-8-11(18-13(16-8)21-9(2)17-18)7-15-22(19,20)12-6-4-3-5-10(12)14/h3-6,15H,7H2,1-2H3. The second kappa shape index (κ2) is 5.41. The van der Waals surface area contributed by atoms with Crippen LogP contribution >= 0.6 is 11.3 Å². The van der Waals surface area contributed by atoms with Gasteiger partial charge in [-0.15, -0.1) is 0 Å². The third kappa shape index (κ3) is 2.62. The molecule has 0 radical (unpaired) electrons. The lowest BCUT2D eigenvalue weighted by Crippen LogP contribution is -2.25. The first-order valence-electron chi connectivity index (χ1n) is 6.44. The van der Waals surface area contributed by atoms with Crippen LogP contribution < -0.4 is 4.72 Å². The minimum absolute atomic E-state index is 0.00710. The molecule has 3 rings (SSSR count). The van der Waals surface area contributed by atoms with Gasteiger partial charge in [0, 0.05) is 0 Å². The highest BCUT2D eigenvalue weighted by Gasteiger charge is 2.20. The summed E-state index contributed by atoms with van der Waals surface area (Å²) < 4.78 is 42.1. The van der Waals surface area contributed by atoms with Gasteiger partial charge < -0.3 is 0 Å². The molecular weight excluding hydrogens is 327 g/mol. The summed E-state index contributed by atoms with van der Waals surface area (Å²) in [7, 11) is -3.94. The van der Waals surface area contributed by atoms with E-state index in [0.717, 1.165) is 11.1 Å². The van der Waals surface area contributed by atoms with Gasteiger partial charge in [0.2, 0.25) is 15.0 Å². The van der Waals surface area contributed by atoms with Crippen LogP contribution in [0, 0.1) is 19.7 Å². The molecule has 2 heterocycles. The summed E-state index contributed by atoms with van der Waals surface area (Å²) in [5, 5.41) is 5.12. The average Bonchev–Trinajstić information content (AvgIpc) is 2.92. The van der Waals surface area contributed by atoms with Gasteiger partial charge in [-0.1, -0.05) is 23.5 Å². The first-order valence-corrected chi connectivity index (χ1v) is 8.74. The van der Waals surface area contributed by atoms with Crippen molar-refractivity contribution in [1.29, 1.82) is 0 Å². The van der Waals surface area contributed by atoms with Crippen molar-refractivity contribution in [3.05, 3.63) is 46.5 Å². The van der Waals surface area contributed by atoms with E-state index in [1.165, 1.54) is 29.5 Å². The summed E-state index contributed by atoms with van der Waals surface area (Å²) in [4.78, 5) is 4.67. The number of benzene rings is 1. The van der Waals surface area contributed by atoms with Gasteiger partial charge in [0.25, 0.3) is 0 Å². The van der Waals surface area contributed by atoms with Gasteiger partial charge in [-0.2, -0.15) is 5.10 Å². The summed E-state index contributed by atoms with van der Waals surface area (Å²) in [6, 6.07) is 5.25. The van der Waals surface area contributed by atoms with E-state index < -0.39 is 15.8 Å². The van der Waals surface area contributed by atoms with E-state index in [1.54, 1.807) is 11.4 Å². The molecule has 0 aliphatic carbocycles. The molecule has 0 saturated carbocycles. The van der Waals surface area contributed by atoms with Gasteiger partial charge in [-0.25, -0.2) is 27.0 Å². The lowest BCUT2D eigenvalue weighted by atomic mass is 10.3. The Bertz CT molecular complexity index is 946. The van der Waals surface area contributed by atoms with E-state index in [2.05, 4.69) is 14.8 Å². The molecule has 0 fully saturated rings. The van der Waals surface area contributed by atoms with Crippen LogP contribution in [0.5, 0.6) is 0 Å². The molecule has 6 nitrogen and oxygen atoms in total. The fraction of sp³-hybridized carbons (Fsp3) is 0.231. The Kier molecular flexibility index (Phi) is 3.71. The fourth-order valence-electron chi connectivity index (χ4n) is 2.09. The van der Waals surface area contributed by atoms with E-state index in [1.807, 2.05) is 6.92 Å². The predicted molar refractivity (Wildman–Crippen MR) is 80.8 cm³/mol. The molecule has 0 aliphatic rings. The maximum absolute atomic E-state index is 13.6. The number of fused-ring (bicyclic) bond motifs is 1. The molecule has 0 amide bonds. The highest BCUT2D eigenvalue weighted by molar-refractivity contribution is 7.89. The van der Waals surface area contributed by atoms with Crippen LogP contribution in [0.3, 0.4) is 0 Å². The molecule has 9 heteroatoms. The first kappa shape index (κ1) is 15.1. The zero-order chi connectivity index (χ0) is 15.9. The number of halogens is 1. The number of nitrogens with one attached hydrogen (secondary N) is 1. The highest BCUT2D eigenvalue weighted by Crippen LogP contribution is 2.19. The second-order valence-electron chi connectivity index (χ2n) is 4.71. The average molecular weight is 340 g/mol. The van der Waals surface area contributed by atoms with Crippen molar-refractivity contribution in [3.63, 3.8) is 0 Å². The Labute approximate surface area is 130 Å². The van der Waals surface area contributed by atoms with Crippen molar-refractivity contribution < 1.29 is 12.8 Å². The van der Waals surface area contributed by atoms with Crippen LogP contribution in [-0.2, 0) is 16.6 Å². The number of rotatable bonds is 4.